The van der Waals surface area contributed by atoms with Crippen LogP contribution >= 0.6 is 23.2 Å². The molecule has 0 fully saturated rings. The molecule has 0 radical (unpaired) electrons. The lowest BCUT2D eigenvalue weighted by atomic mass is 10.0. The standard InChI is InChI=1S/C13H15Cl2N/c1-3-5-13(16-8-4-2)11-9-10(14)6-7-12(11)15/h1,6-7,9,13,16H,4-5,8H2,2H3. The number of nitrogens with one attached hydrogen (secondary N) is 1. The maximum Gasteiger partial charge on any atom is 0.0455 e. The Balaban J connectivity index is 2.91. The molecule has 1 N–H and O–H groups in total. The van der Waals surface area contributed by atoms with Crippen molar-refractivity contribution in [3.63, 3.8) is 0 Å². The highest BCUT2D eigenvalue weighted by Crippen LogP contribution is 2.28. The molecule has 86 valence electrons. The zero-order valence-corrected chi connectivity index (χ0v) is 10.8. The van der Waals surface area contributed by atoms with E-state index in [0.717, 1.165) is 18.5 Å². The first-order valence-corrected chi connectivity index (χ1v) is 6.06. The second-order valence-electron chi connectivity index (χ2n) is 3.58. The Labute approximate surface area is 107 Å². The summed E-state index contributed by atoms with van der Waals surface area (Å²) >= 11 is 12.1. The molecule has 1 aromatic carbocycles. The lowest BCUT2D eigenvalue weighted by Crippen LogP contribution is -2.22. The average molecular weight is 256 g/mol. The molecular formula is C13H15Cl2N. The van der Waals surface area contributed by atoms with Crippen molar-refractivity contribution in [3.8, 4) is 12.3 Å². The molecule has 1 rings (SSSR count). The fourth-order valence-corrected chi connectivity index (χ4v) is 1.94. The van der Waals surface area contributed by atoms with E-state index in [1.165, 1.54) is 0 Å². The summed E-state index contributed by atoms with van der Waals surface area (Å²) in [5.74, 6) is 2.66. The van der Waals surface area contributed by atoms with Gasteiger partial charge in [-0.05, 0) is 36.7 Å². The van der Waals surface area contributed by atoms with Gasteiger partial charge in [-0.25, -0.2) is 0 Å². The Morgan fingerprint density at radius 1 is 1.44 bits per heavy atom. The Kier molecular flexibility index (Phi) is 5.69. The van der Waals surface area contributed by atoms with Gasteiger partial charge in [0.05, 0.1) is 0 Å². The van der Waals surface area contributed by atoms with E-state index in [4.69, 9.17) is 29.6 Å². The van der Waals surface area contributed by atoms with Crippen molar-refractivity contribution in [3.05, 3.63) is 33.8 Å². The molecule has 0 aliphatic rings. The first-order valence-electron chi connectivity index (χ1n) is 5.30. The van der Waals surface area contributed by atoms with Gasteiger partial charge in [-0.15, -0.1) is 12.3 Å². The highest BCUT2D eigenvalue weighted by atomic mass is 35.5. The van der Waals surface area contributed by atoms with Gasteiger partial charge in [-0.2, -0.15) is 0 Å². The summed E-state index contributed by atoms with van der Waals surface area (Å²) < 4.78 is 0. The van der Waals surface area contributed by atoms with Crippen LogP contribution in [0, 0.1) is 12.3 Å². The molecule has 16 heavy (non-hydrogen) atoms. The molecule has 0 aromatic heterocycles. The molecule has 1 nitrogen and oxygen atoms in total. The second kappa shape index (κ2) is 6.81. The van der Waals surface area contributed by atoms with Gasteiger partial charge in [-0.1, -0.05) is 30.1 Å². The van der Waals surface area contributed by atoms with Crippen LogP contribution in [0.25, 0.3) is 0 Å². The maximum atomic E-state index is 6.14. The third-order valence-electron chi connectivity index (χ3n) is 2.30. The number of terminal acetylenes is 1. The molecule has 1 aromatic rings. The minimum Gasteiger partial charge on any atom is -0.309 e. The highest BCUT2D eigenvalue weighted by Gasteiger charge is 2.13. The van der Waals surface area contributed by atoms with Crippen molar-refractivity contribution in [2.24, 2.45) is 0 Å². The molecule has 3 heteroatoms. The van der Waals surface area contributed by atoms with Gasteiger partial charge in [0.2, 0.25) is 0 Å². The van der Waals surface area contributed by atoms with E-state index in [-0.39, 0.29) is 6.04 Å². The van der Waals surface area contributed by atoms with E-state index < -0.39 is 0 Å². The van der Waals surface area contributed by atoms with Gasteiger partial charge in [0.25, 0.3) is 0 Å². The average Bonchev–Trinajstić information content (AvgIpc) is 2.28. The number of benzene rings is 1. The van der Waals surface area contributed by atoms with Gasteiger partial charge < -0.3 is 5.32 Å². The van der Waals surface area contributed by atoms with Crippen LogP contribution in [0.15, 0.2) is 18.2 Å². The molecular weight excluding hydrogens is 241 g/mol. The summed E-state index contributed by atoms with van der Waals surface area (Å²) in [7, 11) is 0. The van der Waals surface area contributed by atoms with Crippen molar-refractivity contribution < 1.29 is 0 Å². The predicted molar refractivity (Wildman–Crippen MR) is 70.9 cm³/mol. The van der Waals surface area contributed by atoms with Crippen molar-refractivity contribution in [1.29, 1.82) is 0 Å². The first kappa shape index (κ1) is 13.4. The second-order valence-corrected chi connectivity index (χ2v) is 4.42. The van der Waals surface area contributed by atoms with Crippen molar-refractivity contribution in [2.45, 2.75) is 25.8 Å². The molecule has 0 saturated carbocycles. The van der Waals surface area contributed by atoms with Crippen LogP contribution in [0.4, 0.5) is 0 Å². The molecule has 0 amide bonds. The fraction of sp³-hybridized carbons (Fsp3) is 0.385. The van der Waals surface area contributed by atoms with Crippen LogP contribution in [0.5, 0.6) is 0 Å². The fourth-order valence-electron chi connectivity index (χ4n) is 1.51. The molecule has 0 aliphatic heterocycles. The summed E-state index contributed by atoms with van der Waals surface area (Å²) in [6.07, 6.45) is 7.03. The first-order chi connectivity index (χ1) is 7.69. The minimum absolute atomic E-state index is 0.0798. The zero-order valence-electron chi connectivity index (χ0n) is 9.26. The normalized spacial score (nSPS) is 12.1. The van der Waals surface area contributed by atoms with E-state index in [2.05, 4.69) is 18.2 Å². The monoisotopic (exact) mass is 255 g/mol. The Morgan fingerprint density at radius 3 is 2.81 bits per heavy atom. The highest BCUT2D eigenvalue weighted by molar-refractivity contribution is 6.33. The SMILES string of the molecule is C#CCC(NCCC)c1cc(Cl)ccc1Cl. The van der Waals surface area contributed by atoms with Gasteiger partial charge in [0.15, 0.2) is 0 Å². The lowest BCUT2D eigenvalue weighted by molar-refractivity contribution is 0.543. The topological polar surface area (TPSA) is 12.0 Å². The van der Waals surface area contributed by atoms with E-state index >= 15 is 0 Å². The summed E-state index contributed by atoms with van der Waals surface area (Å²) in [5, 5.41) is 4.75. The number of rotatable bonds is 5. The molecule has 0 spiro atoms. The summed E-state index contributed by atoms with van der Waals surface area (Å²) in [4.78, 5) is 0. The van der Waals surface area contributed by atoms with E-state index in [0.29, 0.717) is 16.5 Å². The summed E-state index contributed by atoms with van der Waals surface area (Å²) in [6, 6.07) is 5.53. The Morgan fingerprint density at radius 2 is 2.19 bits per heavy atom. The largest absolute Gasteiger partial charge is 0.309 e. The Bertz CT molecular complexity index is 382. The smallest absolute Gasteiger partial charge is 0.0455 e. The number of hydrogen-bond acceptors (Lipinski definition) is 1. The van der Waals surface area contributed by atoms with Crippen LogP contribution in [0.1, 0.15) is 31.4 Å². The van der Waals surface area contributed by atoms with Crippen LogP contribution in [0.3, 0.4) is 0 Å². The molecule has 0 heterocycles. The van der Waals surface area contributed by atoms with E-state index in [9.17, 15) is 0 Å². The van der Waals surface area contributed by atoms with Crippen LogP contribution in [-0.4, -0.2) is 6.54 Å². The van der Waals surface area contributed by atoms with Gasteiger partial charge in [-0.3, -0.25) is 0 Å². The predicted octanol–water partition coefficient (Wildman–Crippen LogP) is 4.06. The van der Waals surface area contributed by atoms with E-state index in [1.807, 2.05) is 6.07 Å². The third kappa shape index (κ3) is 3.72. The molecule has 0 saturated heterocycles. The van der Waals surface area contributed by atoms with Crippen molar-refractivity contribution >= 4 is 23.2 Å². The minimum atomic E-state index is 0.0798. The summed E-state index contributed by atoms with van der Waals surface area (Å²) in [6.45, 7) is 3.02. The van der Waals surface area contributed by atoms with Crippen LogP contribution in [0.2, 0.25) is 10.0 Å². The third-order valence-corrected chi connectivity index (χ3v) is 2.88. The quantitative estimate of drug-likeness (QED) is 0.783. The Hall–Kier alpha value is -0.680. The number of halogens is 2. The van der Waals surface area contributed by atoms with Crippen molar-refractivity contribution in [1.82, 2.24) is 5.32 Å². The lowest BCUT2D eigenvalue weighted by Gasteiger charge is -2.18. The number of hydrogen-bond donors (Lipinski definition) is 1. The van der Waals surface area contributed by atoms with Gasteiger partial charge in [0.1, 0.15) is 0 Å². The summed E-state index contributed by atoms with van der Waals surface area (Å²) in [5.41, 5.74) is 0.973. The van der Waals surface area contributed by atoms with Crippen molar-refractivity contribution in [2.75, 3.05) is 6.54 Å². The van der Waals surface area contributed by atoms with Gasteiger partial charge in [0, 0.05) is 22.5 Å². The molecule has 1 atom stereocenters. The maximum absolute atomic E-state index is 6.14. The zero-order chi connectivity index (χ0) is 12.0. The van der Waals surface area contributed by atoms with Gasteiger partial charge >= 0.3 is 0 Å². The molecule has 0 aliphatic carbocycles. The van der Waals surface area contributed by atoms with Crippen LogP contribution < -0.4 is 5.32 Å². The van der Waals surface area contributed by atoms with Crippen LogP contribution in [-0.2, 0) is 0 Å². The molecule has 1 unspecified atom stereocenters. The van der Waals surface area contributed by atoms with E-state index in [1.54, 1.807) is 12.1 Å². The molecule has 0 bridgehead atoms.